The summed E-state index contributed by atoms with van der Waals surface area (Å²) in [5.41, 5.74) is 1.44. The summed E-state index contributed by atoms with van der Waals surface area (Å²) in [5, 5.41) is 15.7. The molecule has 1 atom stereocenters. The van der Waals surface area contributed by atoms with Crippen LogP contribution in [0.2, 0.25) is 0 Å². The van der Waals surface area contributed by atoms with Crippen LogP contribution in [0.25, 0.3) is 11.3 Å². The summed E-state index contributed by atoms with van der Waals surface area (Å²) < 4.78 is 45.0. The van der Waals surface area contributed by atoms with Crippen LogP contribution in [-0.4, -0.2) is 26.7 Å². The van der Waals surface area contributed by atoms with Gasteiger partial charge < -0.3 is 9.52 Å². The van der Waals surface area contributed by atoms with Gasteiger partial charge in [-0.25, -0.2) is 5.01 Å². The highest BCUT2D eigenvalue weighted by Crippen LogP contribution is 2.36. The summed E-state index contributed by atoms with van der Waals surface area (Å²) in [4.78, 5) is 17.5. The van der Waals surface area contributed by atoms with Gasteiger partial charge in [0, 0.05) is 29.9 Å². The van der Waals surface area contributed by atoms with Crippen LogP contribution in [-0.2, 0) is 6.18 Å². The van der Waals surface area contributed by atoms with Crippen LogP contribution in [0.1, 0.15) is 39.7 Å². The van der Waals surface area contributed by atoms with E-state index in [2.05, 4.69) is 10.1 Å². The summed E-state index contributed by atoms with van der Waals surface area (Å²) in [5.74, 6) is -0.451. The SMILES string of the molecule is O=C(c1ccc(-c2cccc(C(F)(F)F)c2)o1)N1N=C(c2cccnc2)CC1c1cccc(O)c1. The number of halogens is 3. The molecule has 1 amide bonds. The van der Waals surface area contributed by atoms with Crippen LogP contribution in [0, 0.1) is 0 Å². The summed E-state index contributed by atoms with van der Waals surface area (Å²) >= 11 is 0. The van der Waals surface area contributed by atoms with Gasteiger partial charge >= 0.3 is 12.1 Å². The lowest BCUT2D eigenvalue weighted by Gasteiger charge is -2.21. The number of phenolic OH excluding ortho intramolecular Hbond substituents is 1. The Morgan fingerprint density at radius 1 is 1.00 bits per heavy atom. The molecule has 3 heterocycles. The summed E-state index contributed by atoms with van der Waals surface area (Å²) in [7, 11) is 0. The monoisotopic (exact) mass is 477 g/mol. The van der Waals surface area contributed by atoms with Crippen LogP contribution in [0.15, 0.2) is 94.7 Å². The first-order valence-corrected chi connectivity index (χ1v) is 10.7. The second-order valence-electron chi connectivity index (χ2n) is 8.00. The molecule has 0 radical (unpaired) electrons. The molecule has 2 aromatic heterocycles. The lowest BCUT2D eigenvalue weighted by atomic mass is 9.99. The lowest BCUT2D eigenvalue weighted by Crippen LogP contribution is -2.26. The normalized spacial score (nSPS) is 15.8. The Morgan fingerprint density at radius 3 is 2.54 bits per heavy atom. The Morgan fingerprint density at radius 2 is 1.80 bits per heavy atom. The zero-order valence-corrected chi connectivity index (χ0v) is 18.1. The number of aromatic hydroxyl groups is 1. The predicted octanol–water partition coefficient (Wildman–Crippen LogP) is 6.06. The van der Waals surface area contributed by atoms with Crippen LogP contribution in [0.4, 0.5) is 13.2 Å². The van der Waals surface area contributed by atoms with E-state index in [1.54, 1.807) is 36.7 Å². The standard InChI is InChI=1S/C26H18F3N3O3/c27-26(28,29)19-7-1-5-17(12-19)23-9-10-24(35-23)25(34)32-22(16-4-2-8-20(33)13-16)14-21(31-32)18-6-3-11-30-15-18/h1-13,15,22,33H,14H2. The van der Waals surface area contributed by atoms with Crippen molar-refractivity contribution in [3.05, 3.63) is 108 Å². The first-order chi connectivity index (χ1) is 16.8. The molecule has 0 fully saturated rings. The smallest absolute Gasteiger partial charge is 0.416 e. The van der Waals surface area contributed by atoms with Crippen molar-refractivity contribution in [3.63, 3.8) is 0 Å². The third-order valence-electron chi connectivity index (χ3n) is 5.66. The van der Waals surface area contributed by atoms with E-state index < -0.39 is 23.7 Å². The molecule has 1 N–H and O–H groups in total. The number of alkyl halides is 3. The topological polar surface area (TPSA) is 78.9 Å². The number of pyridine rings is 1. The molecule has 6 nitrogen and oxygen atoms in total. The van der Waals surface area contributed by atoms with E-state index in [4.69, 9.17) is 4.42 Å². The fraction of sp³-hybridized carbons (Fsp3) is 0.115. The van der Waals surface area contributed by atoms with Gasteiger partial charge in [-0.3, -0.25) is 9.78 Å². The maximum absolute atomic E-state index is 13.4. The van der Waals surface area contributed by atoms with Crippen molar-refractivity contribution >= 4 is 11.6 Å². The average molecular weight is 477 g/mol. The number of furan rings is 1. The van der Waals surface area contributed by atoms with Gasteiger partial charge in [-0.1, -0.05) is 30.3 Å². The van der Waals surface area contributed by atoms with E-state index in [0.29, 0.717) is 17.7 Å². The number of hydrogen-bond acceptors (Lipinski definition) is 5. The number of rotatable bonds is 4. The van der Waals surface area contributed by atoms with Gasteiger partial charge in [0.2, 0.25) is 0 Å². The number of amides is 1. The van der Waals surface area contributed by atoms with E-state index in [-0.39, 0.29) is 22.8 Å². The zero-order chi connectivity index (χ0) is 24.6. The van der Waals surface area contributed by atoms with Crippen molar-refractivity contribution in [2.45, 2.75) is 18.6 Å². The Labute approximate surface area is 198 Å². The van der Waals surface area contributed by atoms with Crippen molar-refractivity contribution in [1.29, 1.82) is 0 Å². The molecule has 4 aromatic rings. The van der Waals surface area contributed by atoms with Crippen LogP contribution >= 0.6 is 0 Å². The van der Waals surface area contributed by atoms with Crippen molar-refractivity contribution in [3.8, 4) is 17.1 Å². The van der Waals surface area contributed by atoms with Gasteiger partial charge in [-0.2, -0.15) is 18.3 Å². The molecule has 0 bridgehead atoms. The highest BCUT2D eigenvalue weighted by molar-refractivity contribution is 6.04. The van der Waals surface area contributed by atoms with Crippen molar-refractivity contribution in [1.82, 2.24) is 9.99 Å². The molecule has 35 heavy (non-hydrogen) atoms. The van der Waals surface area contributed by atoms with Crippen LogP contribution in [0.5, 0.6) is 5.75 Å². The highest BCUT2D eigenvalue weighted by atomic mass is 19.4. The molecule has 0 saturated carbocycles. The van der Waals surface area contributed by atoms with Gasteiger partial charge in [0.1, 0.15) is 11.5 Å². The Balaban J connectivity index is 1.49. The molecule has 0 aliphatic carbocycles. The number of hydrogen-bond donors (Lipinski definition) is 1. The van der Waals surface area contributed by atoms with Gasteiger partial charge in [0.15, 0.2) is 5.76 Å². The van der Waals surface area contributed by atoms with Crippen LogP contribution in [0.3, 0.4) is 0 Å². The average Bonchev–Trinajstić information content (AvgIpc) is 3.52. The molecule has 1 unspecified atom stereocenters. The fourth-order valence-corrected chi connectivity index (χ4v) is 3.97. The molecule has 0 spiro atoms. The molecular formula is C26H18F3N3O3. The van der Waals surface area contributed by atoms with E-state index in [0.717, 1.165) is 17.7 Å². The minimum atomic E-state index is -4.50. The summed E-state index contributed by atoms with van der Waals surface area (Å²) in [6.07, 6.45) is -0.845. The fourth-order valence-electron chi connectivity index (χ4n) is 3.97. The molecule has 1 aliphatic rings. The minimum Gasteiger partial charge on any atom is -0.508 e. The Bertz CT molecular complexity index is 1410. The maximum atomic E-state index is 13.4. The minimum absolute atomic E-state index is 0.0505. The number of aromatic nitrogens is 1. The largest absolute Gasteiger partial charge is 0.508 e. The number of nitrogens with zero attached hydrogens (tertiary/aromatic N) is 3. The quantitative estimate of drug-likeness (QED) is 0.388. The predicted molar refractivity (Wildman–Crippen MR) is 122 cm³/mol. The number of phenols is 1. The zero-order valence-electron chi connectivity index (χ0n) is 18.1. The first-order valence-electron chi connectivity index (χ1n) is 10.7. The third kappa shape index (κ3) is 4.52. The van der Waals surface area contributed by atoms with Crippen molar-refractivity contribution in [2.24, 2.45) is 5.10 Å². The Hall–Kier alpha value is -4.40. The Kier molecular flexibility index (Phi) is 5.60. The lowest BCUT2D eigenvalue weighted by molar-refractivity contribution is -0.137. The van der Waals surface area contributed by atoms with Crippen molar-refractivity contribution < 1.29 is 27.5 Å². The van der Waals surface area contributed by atoms with E-state index in [9.17, 15) is 23.1 Å². The molecule has 0 saturated heterocycles. The van der Waals surface area contributed by atoms with Gasteiger partial charge in [0.05, 0.1) is 17.3 Å². The van der Waals surface area contributed by atoms with E-state index >= 15 is 0 Å². The summed E-state index contributed by atoms with van der Waals surface area (Å²) in [6.45, 7) is 0. The van der Waals surface area contributed by atoms with Gasteiger partial charge in [0.25, 0.3) is 0 Å². The number of carbonyl (C=O) groups is 1. The molecular weight excluding hydrogens is 459 g/mol. The second-order valence-corrected chi connectivity index (χ2v) is 8.00. The van der Waals surface area contributed by atoms with Crippen LogP contribution < -0.4 is 0 Å². The van der Waals surface area contributed by atoms with Crippen molar-refractivity contribution in [2.75, 3.05) is 0 Å². The number of hydrazone groups is 1. The van der Waals surface area contributed by atoms with E-state index in [1.165, 1.54) is 35.3 Å². The molecule has 2 aromatic carbocycles. The second kappa shape index (κ2) is 8.75. The first kappa shape index (κ1) is 22.4. The summed E-state index contributed by atoms with van der Waals surface area (Å²) in [6, 6.07) is 17.2. The van der Waals surface area contributed by atoms with E-state index in [1.807, 2.05) is 6.07 Å². The number of benzene rings is 2. The van der Waals surface area contributed by atoms with Gasteiger partial charge in [-0.05, 0) is 48.0 Å². The molecule has 176 valence electrons. The molecule has 9 heteroatoms. The molecule has 5 rings (SSSR count). The molecule has 1 aliphatic heterocycles. The highest BCUT2D eigenvalue weighted by Gasteiger charge is 2.35. The maximum Gasteiger partial charge on any atom is 0.416 e. The third-order valence-corrected chi connectivity index (χ3v) is 5.66. The number of carbonyl (C=O) groups excluding carboxylic acids is 1. The van der Waals surface area contributed by atoms with Gasteiger partial charge in [-0.15, -0.1) is 0 Å².